The maximum atomic E-state index is 11.9. The van der Waals surface area contributed by atoms with Crippen LogP contribution >= 0.6 is 23.2 Å². The highest BCUT2D eigenvalue weighted by atomic mass is 35.5. The molecule has 1 unspecified atom stereocenters. The van der Waals surface area contributed by atoms with Crippen LogP contribution in [0.4, 0.5) is 0 Å². The lowest BCUT2D eigenvalue weighted by Crippen LogP contribution is -2.35. The molecule has 0 saturated carbocycles. The number of hydrogen-bond donors (Lipinski definition) is 3. The Morgan fingerprint density at radius 2 is 1.55 bits per heavy atom. The summed E-state index contributed by atoms with van der Waals surface area (Å²) < 4.78 is 7.70. The minimum absolute atomic E-state index is 0.103. The summed E-state index contributed by atoms with van der Waals surface area (Å²) in [6.07, 6.45) is 5.13. The standard InChI is InChI=1S/C39H41Cl2N7O3/c1-47-23-25(21-42-17-19-48-18-5-10-35(48)50)27-13-15-32(45-38(27)47)30-8-3-6-28(36(30)40)29-7-4-9-31(37(29)41)33-14-11-24(39(46-33)51-2)20-43-22-26-12-16-34(49)44-26/h3-4,6-9,11,13-15,23,26,42-43H,5,10,12,16-22H2,1-2H3,(H,44,49). The van der Waals surface area contributed by atoms with Gasteiger partial charge in [-0.25, -0.2) is 9.97 Å². The van der Waals surface area contributed by atoms with Gasteiger partial charge < -0.3 is 30.2 Å². The van der Waals surface area contributed by atoms with E-state index in [0.29, 0.717) is 54.1 Å². The molecule has 0 aliphatic carbocycles. The Hall–Kier alpha value is -4.48. The summed E-state index contributed by atoms with van der Waals surface area (Å²) in [5.41, 5.74) is 7.53. The predicted octanol–water partition coefficient (Wildman–Crippen LogP) is 6.36. The van der Waals surface area contributed by atoms with E-state index in [1.165, 1.54) is 0 Å². The average molecular weight is 727 g/mol. The van der Waals surface area contributed by atoms with Crippen LogP contribution in [0.25, 0.3) is 44.7 Å². The zero-order valence-electron chi connectivity index (χ0n) is 28.8. The van der Waals surface area contributed by atoms with Gasteiger partial charge in [-0.05, 0) is 36.6 Å². The molecule has 2 saturated heterocycles. The Morgan fingerprint density at radius 1 is 0.863 bits per heavy atom. The van der Waals surface area contributed by atoms with Crippen molar-refractivity contribution in [3.8, 4) is 39.5 Å². The number of likely N-dealkylation sites (tertiary alicyclic amines) is 1. The Labute approximate surface area is 307 Å². The molecule has 3 aromatic heterocycles. The molecule has 51 heavy (non-hydrogen) atoms. The van der Waals surface area contributed by atoms with Crippen LogP contribution in [0.2, 0.25) is 10.0 Å². The number of ether oxygens (including phenoxy) is 1. The van der Waals surface area contributed by atoms with Gasteiger partial charge in [0.25, 0.3) is 0 Å². The molecule has 5 heterocycles. The monoisotopic (exact) mass is 725 g/mol. The summed E-state index contributed by atoms with van der Waals surface area (Å²) in [6, 6.07) is 19.9. The van der Waals surface area contributed by atoms with Crippen molar-refractivity contribution in [3.63, 3.8) is 0 Å². The van der Waals surface area contributed by atoms with Gasteiger partial charge in [0.1, 0.15) is 5.65 Å². The minimum Gasteiger partial charge on any atom is -0.481 e. The Kier molecular flexibility index (Phi) is 10.6. The SMILES string of the molecule is COc1nc(-c2cccc(-c3cccc(-c4ccc5c(CNCCN6CCCC6=O)cn(C)c5n4)c3Cl)c2Cl)ccc1CNCC1CCC(=O)N1. The van der Waals surface area contributed by atoms with Gasteiger partial charge >= 0.3 is 0 Å². The number of amides is 2. The molecule has 7 rings (SSSR count). The summed E-state index contributed by atoms with van der Waals surface area (Å²) in [5.74, 6) is 0.861. The van der Waals surface area contributed by atoms with Crippen molar-refractivity contribution in [3.05, 3.63) is 88.0 Å². The summed E-state index contributed by atoms with van der Waals surface area (Å²) in [7, 11) is 3.60. The van der Waals surface area contributed by atoms with Gasteiger partial charge in [-0.15, -0.1) is 0 Å². The van der Waals surface area contributed by atoms with E-state index in [2.05, 4.69) is 28.2 Å². The van der Waals surface area contributed by atoms with E-state index in [1.807, 2.05) is 71.1 Å². The molecule has 3 N–H and O–H groups in total. The summed E-state index contributed by atoms with van der Waals surface area (Å²) >= 11 is 14.3. The van der Waals surface area contributed by atoms with E-state index < -0.39 is 0 Å². The molecule has 5 aromatic rings. The second-order valence-electron chi connectivity index (χ2n) is 13.1. The zero-order valence-corrected chi connectivity index (χ0v) is 30.3. The third kappa shape index (κ3) is 7.46. The lowest BCUT2D eigenvalue weighted by Gasteiger charge is -2.16. The van der Waals surface area contributed by atoms with Crippen molar-refractivity contribution in [2.75, 3.05) is 33.3 Å². The maximum Gasteiger partial charge on any atom is 0.222 e. The summed E-state index contributed by atoms with van der Waals surface area (Å²) in [4.78, 5) is 35.2. The quantitative estimate of drug-likeness (QED) is 0.121. The molecule has 10 nitrogen and oxygen atoms in total. The number of halogens is 2. The molecule has 0 bridgehead atoms. The van der Waals surface area contributed by atoms with E-state index >= 15 is 0 Å². The van der Waals surface area contributed by atoms with Crippen LogP contribution in [-0.2, 0) is 29.7 Å². The van der Waals surface area contributed by atoms with Crippen molar-refractivity contribution in [1.82, 2.24) is 35.4 Å². The van der Waals surface area contributed by atoms with Gasteiger partial charge in [0, 0.05) is 105 Å². The number of methoxy groups -OCH3 is 1. The highest BCUT2D eigenvalue weighted by Crippen LogP contribution is 2.42. The van der Waals surface area contributed by atoms with Crippen LogP contribution in [0.5, 0.6) is 5.88 Å². The van der Waals surface area contributed by atoms with Crippen LogP contribution in [0.15, 0.2) is 66.9 Å². The van der Waals surface area contributed by atoms with E-state index in [1.54, 1.807) is 7.11 Å². The van der Waals surface area contributed by atoms with Crippen LogP contribution in [0.1, 0.15) is 36.8 Å². The first-order chi connectivity index (χ1) is 24.8. The Morgan fingerprint density at radius 3 is 2.22 bits per heavy atom. The first kappa shape index (κ1) is 34.9. The maximum absolute atomic E-state index is 11.9. The first-order valence-corrected chi connectivity index (χ1v) is 18.1. The number of carbonyl (C=O) groups excluding carboxylic acids is 2. The molecule has 2 aliphatic heterocycles. The van der Waals surface area contributed by atoms with E-state index in [-0.39, 0.29) is 17.9 Å². The molecule has 0 radical (unpaired) electrons. The molecule has 1 atom stereocenters. The molecule has 2 amide bonds. The number of pyridine rings is 2. The normalized spacial score (nSPS) is 16.0. The Bertz CT molecular complexity index is 2100. The molecular formula is C39H41Cl2N7O3. The molecule has 2 aliphatic rings. The molecule has 0 spiro atoms. The number of nitrogens with zero attached hydrogens (tertiary/aromatic N) is 4. The van der Waals surface area contributed by atoms with Crippen molar-refractivity contribution in [2.24, 2.45) is 7.05 Å². The zero-order chi connectivity index (χ0) is 35.5. The van der Waals surface area contributed by atoms with Crippen molar-refractivity contribution in [1.29, 1.82) is 0 Å². The van der Waals surface area contributed by atoms with E-state index in [4.69, 9.17) is 37.9 Å². The third-order valence-electron chi connectivity index (χ3n) is 9.71. The predicted molar refractivity (Wildman–Crippen MR) is 202 cm³/mol. The van der Waals surface area contributed by atoms with Crippen molar-refractivity contribution in [2.45, 2.75) is 44.8 Å². The number of aryl methyl sites for hydroxylation is 1. The minimum atomic E-state index is 0.103. The fraction of sp³-hybridized carbons (Fsp3) is 0.333. The molecule has 264 valence electrons. The largest absolute Gasteiger partial charge is 0.481 e. The van der Waals surface area contributed by atoms with Gasteiger partial charge in [-0.2, -0.15) is 0 Å². The average Bonchev–Trinajstić information content (AvgIpc) is 3.84. The van der Waals surface area contributed by atoms with Gasteiger partial charge in [0.2, 0.25) is 17.7 Å². The highest BCUT2D eigenvalue weighted by Gasteiger charge is 2.22. The van der Waals surface area contributed by atoms with Crippen molar-refractivity contribution < 1.29 is 14.3 Å². The Balaban J connectivity index is 1.09. The number of fused-ring (bicyclic) bond motifs is 1. The van der Waals surface area contributed by atoms with Crippen LogP contribution in [-0.4, -0.2) is 70.6 Å². The van der Waals surface area contributed by atoms with Gasteiger partial charge in [-0.1, -0.05) is 65.7 Å². The third-order valence-corrected chi connectivity index (χ3v) is 10.5. The van der Waals surface area contributed by atoms with Crippen molar-refractivity contribution >= 4 is 46.0 Å². The fourth-order valence-corrected chi connectivity index (χ4v) is 7.67. The topological polar surface area (TPSA) is 113 Å². The van der Waals surface area contributed by atoms with Crippen LogP contribution in [0.3, 0.4) is 0 Å². The number of benzene rings is 2. The molecule has 2 fully saturated rings. The smallest absolute Gasteiger partial charge is 0.222 e. The van der Waals surface area contributed by atoms with E-state index in [9.17, 15) is 9.59 Å². The van der Waals surface area contributed by atoms with E-state index in [0.717, 1.165) is 82.6 Å². The summed E-state index contributed by atoms with van der Waals surface area (Å²) in [5, 5.41) is 12.0. The number of carbonyl (C=O) groups is 2. The lowest BCUT2D eigenvalue weighted by atomic mass is 9.98. The summed E-state index contributed by atoms with van der Waals surface area (Å²) in [6.45, 7) is 4.25. The molecule has 12 heteroatoms. The van der Waals surface area contributed by atoms with Gasteiger partial charge in [0.15, 0.2) is 0 Å². The van der Waals surface area contributed by atoms with Gasteiger partial charge in [-0.3, -0.25) is 9.59 Å². The second-order valence-corrected chi connectivity index (χ2v) is 13.9. The number of rotatable bonds is 13. The number of nitrogens with one attached hydrogen (secondary N) is 3. The number of hydrogen-bond acceptors (Lipinski definition) is 7. The van der Waals surface area contributed by atoms with Crippen LogP contribution < -0.4 is 20.7 Å². The lowest BCUT2D eigenvalue weighted by molar-refractivity contribution is -0.127. The highest BCUT2D eigenvalue weighted by molar-refractivity contribution is 6.39. The first-order valence-electron chi connectivity index (χ1n) is 17.4. The van der Waals surface area contributed by atoms with Gasteiger partial charge in [0.05, 0.1) is 28.5 Å². The van der Waals surface area contributed by atoms with Crippen LogP contribution in [0, 0.1) is 0 Å². The number of aromatic nitrogens is 3. The fourth-order valence-electron chi connectivity index (χ4n) is 7.02. The second kappa shape index (κ2) is 15.4. The molecule has 2 aromatic carbocycles. The molecular weight excluding hydrogens is 685 g/mol.